The van der Waals surface area contributed by atoms with Gasteiger partial charge in [0, 0.05) is 13.1 Å². The van der Waals surface area contributed by atoms with Crippen LogP contribution >= 0.6 is 23.2 Å². The molecule has 5 nitrogen and oxygen atoms in total. The summed E-state index contributed by atoms with van der Waals surface area (Å²) in [7, 11) is 0. The summed E-state index contributed by atoms with van der Waals surface area (Å²) in [6.07, 6.45) is 2.20. The van der Waals surface area contributed by atoms with Crippen molar-refractivity contribution in [2.45, 2.75) is 65.5 Å². The molecule has 0 spiro atoms. The third kappa shape index (κ3) is 7.38. The second kappa shape index (κ2) is 10.0. The number of hydrogen-bond acceptors (Lipinski definition) is 3. The van der Waals surface area contributed by atoms with E-state index < -0.39 is 17.7 Å². The molecule has 1 aliphatic rings. The number of piperidine rings is 1. The topological polar surface area (TPSA) is 58.6 Å². The minimum absolute atomic E-state index is 0.0241. The zero-order valence-electron chi connectivity index (χ0n) is 17.9. The molecule has 1 aliphatic heterocycles. The largest absolute Gasteiger partial charge is 0.444 e. The van der Waals surface area contributed by atoms with Crippen LogP contribution in [0.15, 0.2) is 18.2 Å². The minimum atomic E-state index is -0.600. The number of nitrogens with one attached hydrogen (secondary N) is 1. The molecule has 1 aromatic rings. The molecule has 0 aliphatic carbocycles. The predicted molar refractivity (Wildman–Crippen MR) is 117 cm³/mol. The number of rotatable bonds is 5. The monoisotopic (exact) mass is 442 g/mol. The number of ether oxygens (including phenoxy) is 1. The van der Waals surface area contributed by atoms with Gasteiger partial charge in [-0.1, -0.05) is 43.1 Å². The molecule has 162 valence electrons. The van der Waals surface area contributed by atoms with E-state index >= 15 is 0 Å². The minimum Gasteiger partial charge on any atom is -0.444 e. The van der Waals surface area contributed by atoms with Gasteiger partial charge in [0.25, 0.3) is 0 Å². The van der Waals surface area contributed by atoms with E-state index in [-0.39, 0.29) is 11.8 Å². The van der Waals surface area contributed by atoms with Gasteiger partial charge in [0.15, 0.2) is 0 Å². The third-order valence-electron chi connectivity index (χ3n) is 5.04. The highest BCUT2D eigenvalue weighted by Gasteiger charge is 2.32. The van der Waals surface area contributed by atoms with E-state index in [2.05, 4.69) is 5.32 Å². The van der Waals surface area contributed by atoms with Gasteiger partial charge in [0.1, 0.15) is 11.6 Å². The molecular weight excluding hydrogens is 411 g/mol. The van der Waals surface area contributed by atoms with Gasteiger partial charge in [-0.15, -0.1) is 0 Å². The lowest BCUT2D eigenvalue weighted by atomic mass is 9.89. The molecule has 0 unspecified atom stereocenters. The van der Waals surface area contributed by atoms with E-state index in [0.29, 0.717) is 29.1 Å². The number of halogens is 2. The number of benzene rings is 1. The van der Waals surface area contributed by atoms with Gasteiger partial charge < -0.3 is 15.0 Å². The van der Waals surface area contributed by atoms with E-state index in [1.165, 1.54) is 0 Å². The van der Waals surface area contributed by atoms with Crippen LogP contribution in [0, 0.1) is 11.8 Å². The first kappa shape index (κ1) is 23.8. The number of carbonyl (C=O) groups excluding carboxylic acids is 2. The number of nitrogens with zero attached hydrogens (tertiary/aromatic N) is 1. The highest BCUT2D eigenvalue weighted by atomic mass is 35.5. The van der Waals surface area contributed by atoms with Crippen molar-refractivity contribution in [2.24, 2.45) is 11.8 Å². The summed E-state index contributed by atoms with van der Waals surface area (Å²) in [4.78, 5) is 27.0. The van der Waals surface area contributed by atoms with Crippen molar-refractivity contribution in [2.75, 3.05) is 13.1 Å². The summed E-state index contributed by atoms with van der Waals surface area (Å²) in [5.74, 6) is 0.426. The van der Waals surface area contributed by atoms with Crippen LogP contribution < -0.4 is 5.32 Å². The summed E-state index contributed by atoms with van der Waals surface area (Å²) in [6, 6.07) is 5.16. The molecule has 1 atom stereocenters. The van der Waals surface area contributed by atoms with Gasteiger partial charge in [0.05, 0.1) is 10.0 Å². The fourth-order valence-electron chi connectivity index (χ4n) is 3.50. The second-order valence-corrected chi connectivity index (χ2v) is 9.90. The number of amides is 2. The fourth-order valence-corrected chi connectivity index (χ4v) is 3.82. The van der Waals surface area contributed by atoms with Crippen molar-refractivity contribution in [1.29, 1.82) is 0 Å². The molecule has 7 heteroatoms. The quantitative estimate of drug-likeness (QED) is 0.670. The molecule has 1 saturated heterocycles. The van der Waals surface area contributed by atoms with Crippen molar-refractivity contribution in [3.8, 4) is 0 Å². The van der Waals surface area contributed by atoms with Crippen LogP contribution in [-0.4, -0.2) is 41.6 Å². The van der Waals surface area contributed by atoms with E-state index in [1.54, 1.807) is 20.8 Å². The van der Waals surface area contributed by atoms with Crippen LogP contribution in [0.3, 0.4) is 0 Å². The molecule has 1 N–H and O–H groups in total. The van der Waals surface area contributed by atoms with E-state index in [1.807, 2.05) is 36.9 Å². The van der Waals surface area contributed by atoms with Gasteiger partial charge >= 0.3 is 6.09 Å². The summed E-state index contributed by atoms with van der Waals surface area (Å²) in [5, 5.41) is 3.89. The van der Waals surface area contributed by atoms with Gasteiger partial charge in [-0.25, -0.2) is 4.79 Å². The van der Waals surface area contributed by atoms with Gasteiger partial charge in [0.2, 0.25) is 5.91 Å². The average molecular weight is 443 g/mol. The molecule has 0 radical (unpaired) electrons. The summed E-state index contributed by atoms with van der Waals surface area (Å²) >= 11 is 12.1. The lowest BCUT2D eigenvalue weighted by molar-refractivity contribution is -0.136. The first-order chi connectivity index (χ1) is 13.5. The number of alkyl carbamates (subject to hydrolysis) is 1. The Morgan fingerprint density at radius 3 is 2.31 bits per heavy atom. The molecule has 1 aromatic carbocycles. The Morgan fingerprint density at radius 2 is 1.79 bits per heavy atom. The zero-order valence-corrected chi connectivity index (χ0v) is 19.4. The predicted octanol–water partition coefficient (Wildman–Crippen LogP) is 5.32. The van der Waals surface area contributed by atoms with E-state index in [0.717, 1.165) is 24.8 Å². The van der Waals surface area contributed by atoms with E-state index in [9.17, 15) is 9.59 Å². The Balaban J connectivity index is 1.91. The van der Waals surface area contributed by atoms with Crippen molar-refractivity contribution in [3.05, 3.63) is 33.8 Å². The Labute approximate surface area is 184 Å². The van der Waals surface area contributed by atoms with Crippen LogP contribution in [0.4, 0.5) is 4.79 Å². The Hall–Kier alpha value is -1.46. The van der Waals surface area contributed by atoms with Crippen molar-refractivity contribution in [1.82, 2.24) is 10.2 Å². The Kier molecular flexibility index (Phi) is 8.24. The highest BCUT2D eigenvalue weighted by molar-refractivity contribution is 6.42. The first-order valence-corrected chi connectivity index (χ1v) is 10.9. The van der Waals surface area contributed by atoms with Crippen LogP contribution in [0.2, 0.25) is 10.0 Å². The van der Waals surface area contributed by atoms with E-state index in [4.69, 9.17) is 27.9 Å². The maximum Gasteiger partial charge on any atom is 0.408 e. The summed E-state index contributed by atoms with van der Waals surface area (Å²) in [5.41, 5.74) is 0.563. The summed E-state index contributed by atoms with van der Waals surface area (Å²) in [6.45, 7) is 10.6. The van der Waals surface area contributed by atoms with Gasteiger partial charge in [-0.2, -0.15) is 0 Å². The van der Waals surface area contributed by atoms with Crippen LogP contribution in [0.5, 0.6) is 0 Å². The maximum atomic E-state index is 13.0. The van der Waals surface area contributed by atoms with Crippen LogP contribution in [-0.2, 0) is 16.0 Å². The van der Waals surface area contributed by atoms with Crippen LogP contribution in [0.1, 0.15) is 53.0 Å². The van der Waals surface area contributed by atoms with Gasteiger partial charge in [-0.05, 0) is 69.6 Å². The van der Waals surface area contributed by atoms with Crippen molar-refractivity contribution >= 4 is 35.2 Å². The molecule has 1 fully saturated rings. The fraction of sp³-hybridized carbons (Fsp3) is 0.636. The first-order valence-electron chi connectivity index (χ1n) is 10.2. The zero-order chi connectivity index (χ0) is 21.8. The standard InChI is InChI=1S/C22H32Cl2N2O3/c1-14(2)19(25-21(28)29-22(3,4)5)20(27)26-10-8-15(9-11-26)12-16-6-7-17(23)18(24)13-16/h6-7,13-15,19H,8-12H2,1-5H3,(H,25,28)/t19-/m0/s1. The number of hydrogen-bond donors (Lipinski definition) is 1. The highest BCUT2D eigenvalue weighted by Crippen LogP contribution is 2.27. The smallest absolute Gasteiger partial charge is 0.408 e. The SMILES string of the molecule is CC(C)[C@H](NC(=O)OC(C)(C)C)C(=O)N1CCC(Cc2ccc(Cl)c(Cl)c2)CC1. The molecular formula is C22H32Cl2N2O3. The lowest BCUT2D eigenvalue weighted by Crippen LogP contribution is -2.53. The van der Waals surface area contributed by atoms with Crippen LogP contribution in [0.25, 0.3) is 0 Å². The van der Waals surface area contributed by atoms with Crippen molar-refractivity contribution < 1.29 is 14.3 Å². The lowest BCUT2D eigenvalue weighted by Gasteiger charge is -2.35. The normalized spacial score (nSPS) is 16.6. The molecule has 0 bridgehead atoms. The summed E-state index contributed by atoms with van der Waals surface area (Å²) < 4.78 is 5.32. The molecule has 0 saturated carbocycles. The van der Waals surface area contributed by atoms with Gasteiger partial charge in [-0.3, -0.25) is 4.79 Å². The molecule has 2 rings (SSSR count). The molecule has 0 aromatic heterocycles. The molecule has 29 heavy (non-hydrogen) atoms. The average Bonchev–Trinajstić information content (AvgIpc) is 2.61. The maximum absolute atomic E-state index is 13.0. The Bertz CT molecular complexity index is 723. The number of likely N-dealkylation sites (tertiary alicyclic amines) is 1. The van der Waals surface area contributed by atoms with Crippen molar-refractivity contribution in [3.63, 3.8) is 0 Å². The third-order valence-corrected chi connectivity index (χ3v) is 5.78. The second-order valence-electron chi connectivity index (χ2n) is 9.09. The molecule has 2 amide bonds. The molecule has 1 heterocycles. The number of carbonyl (C=O) groups is 2. The Morgan fingerprint density at radius 1 is 1.17 bits per heavy atom.